The van der Waals surface area contributed by atoms with E-state index in [1.807, 2.05) is 58.0 Å². The van der Waals surface area contributed by atoms with E-state index in [1.54, 1.807) is 19.1 Å². The quantitative estimate of drug-likeness (QED) is 0.480. The van der Waals surface area contributed by atoms with E-state index < -0.39 is 28.5 Å². The number of halogens is 1. The van der Waals surface area contributed by atoms with Gasteiger partial charge in [-0.1, -0.05) is 47.1 Å². The number of carbonyl (C=O) groups is 2. The van der Waals surface area contributed by atoms with Crippen LogP contribution < -0.4 is 9.62 Å². The molecule has 34 heavy (non-hydrogen) atoms. The third-order valence-electron chi connectivity index (χ3n) is 5.93. The van der Waals surface area contributed by atoms with Crippen molar-refractivity contribution in [2.75, 3.05) is 17.1 Å². The molecule has 0 spiro atoms. The van der Waals surface area contributed by atoms with Crippen molar-refractivity contribution in [2.45, 2.75) is 59.7 Å². The van der Waals surface area contributed by atoms with Crippen molar-refractivity contribution in [3.8, 4) is 0 Å². The van der Waals surface area contributed by atoms with Gasteiger partial charge in [0.2, 0.25) is 21.8 Å². The molecule has 0 fully saturated rings. The van der Waals surface area contributed by atoms with Gasteiger partial charge in [-0.15, -0.1) is 0 Å². The number of benzene rings is 2. The van der Waals surface area contributed by atoms with E-state index in [-0.39, 0.29) is 18.5 Å². The molecule has 0 radical (unpaired) electrons. The van der Waals surface area contributed by atoms with Gasteiger partial charge >= 0.3 is 0 Å². The number of amides is 2. The Balaban J connectivity index is 2.43. The Morgan fingerprint density at radius 1 is 1.09 bits per heavy atom. The maximum atomic E-state index is 13.6. The molecular formula is C25H34BrN3O4S. The first-order chi connectivity index (χ1) is 15.8. The lowest BCUT2D eigenvalue weighted by molar-refractivity contribution is -0.139. The molecule has 0 saturated heterocycles. The lowest BCUT2D eigenvalue weighted by Gasteiger charge is -2.32. The van der Waals surface area contributed by atoms with Crippen molar-refractivity contribution >= 4 is 43.5 Å². The molecule has 9 heteroatoms. The number of sulfonamides is 1. The highest BCUT2D eigenvalue weighted by atomic mass is 79.9. The summed E-state index contributed by atoms with van der Waals surface area (Å²) in [6.07, 6.45) is 1.84. The second-order valence-corrected chi connectivity index (χ2v) is 11.5. The first-order valence-corrected chi connectivity index (χ1v) is 13.9. The minimum absolute atomic E-state index is 0.0415. The average Bonchev–Trinajstić information content (AvgIpc) is 2.76. The van der Waals surface area contributed by atoms with Crippen LogP contribution in [0.5, 0.6) is 0 Å². The summed E-state index contributed by atoms with van der Waals surface area (Å²) in [7, 11) is -3.76. The number of anilines is 1. The predicted molar refractivity (Wildman–Crippen MR) is 140 cm³/mol. The smallest absolute Gasteiger partial charge is 0.244 e. The first kappa shape index (κ1) is 27.9. The topological polar surface area (TPSA) is 86.8 Å². The standard InChI is InChI=1S/C25H34BrN3O4S/c1-7-18(3)27-25(31)20(5)28(15-21-11-9-12-22(26)14-21)24(30)16-29(34(6,32)33)23-13-8-10-17(2)19(23)4/h8-14,18,20H,7,15-16H2,1-6H3,(H,27,31)/t18-,20-/m0/s1. The van der Waals surface area contributed by atoms with Gasteiger partial charge in [0.15, 0.2) is 0 Å². The summed E-state index contributed by atoms with van der Waals surface area (Å²) in [5.74, 6) is -0.742. The Bertz CT molecular complexity index is 1140. The van der Waals surface area contributed by atoms with E-state index >= 15 is 0 Å². The fourth-order valence-corrected chi connectivity index (χ4v) is 4.83. The zero-order valence-electron chi connectivity index (χ0n) is 20.6. The highest BCUT2D eigenvalue weighted by Crippen LogP contribution is 2.25. The Kier molecular flexibility index (Phi) is 9.70. The molecule has 7 nitrogen and oxygen atoms in total. The van der Waals surface area contributed by atoms with Crippen molar-refractivity contribution in [3.05, 3.63) is 63.6 Å². The van der Waals surface area contributed by atoms with Gasteiger partial charge in [-0.3, -0.25) is 13.9 Å². The number of hydrogen-bond donors (Lipinski definition) is 1. The molecule has 2 aromatic rings. The van der Waals surface area contributed by atoms with Crippen LogP contribution in [0.4, 0.5) is 5.69 Å². The molecule has 2 aromatic carbocycles. The molecule has 0 heterocycles. The van der Waals surface area contributed by atoms with Crippen LogP contribution in [0, 0.1) is 13.8 Å². The summed E-state index contributed by atoms with van der Waals surface area (Å²) in [5, 5.41) is 2.92. The summed E-state index contributed by atoms with van der Waals surface area (Å²) >= 11 is 3.44. The summed E-state index contributed by atoms with van der Waals surface area (Å²) in [6.45, 7) is 9.01. The Hall–Kier alpha value is -2.39. The molecule has 2 rings (SSSR count). The van der Waals surface area contributed by atoms with Crippen LogP contribution in [0.3, 0.4) is 0 Å². The van der Waals surface area contributed by atoms with Crippen LogP contribution in [0.1, 0.15) is 43.9 Å². The summed E-state index contributed by atoms with van der Waals surface area (Å²) in [5.41, 5.74) is 2.98. The normalized spacial score (nSPS) is 13.1. The molecule has 2 amide bonds. The second kappa shape index (κ2) is 11.8. The number of hydrogen-bond acceptors (Lipinski definition) is 4. The zero-order chi connectivity index (χ0) is 25.6. The van der Waals surface area contributed by atoms with Crippen LogP contribution in [0.25, 0.3) is 0 Å². The first-order valence-electron chi connectivity index (χ1n) is 11.2. The Morgan fingerprint density at radius 3 is 2.32 bits per heavy atom. The van der Waals surface area contributed by atoms with Crippen molar-refractivity contribution in [1.29, 1.82) is 0 Å². The minimum Gasteiger partial charge on any atom is -0.352 e. The third-order valence-corrected chi connectivity index (χ3v) is 7.55. The molecule has 0 unspecified atom stereocenters. The molecule has 186 valence electrons. The summed E-state index contributed by atoms with van der Waals surface area (Å²) < 4.78 is 27.4. The molecule has 0 bridgehead atoms. The van der Waals surface area contributed by atoms with Crippen molar-refractivity contribution in [3.63, 3.8) is 0 Å². The van der Waals surface area contributed by atoms with E-state index in [0.717, 1.165) is 38.1 Å². The lowest BCUT2D eigenvalue weighted by atomic mass is 10.1. The lowest BCUT2D eigenvalue weighted by Crippen LogP contribution is -2.52. The van der Waals surface area contributed by atoms with Crippen LogP contribution >= 0.6 is 15.9 Å². The minimum atomic E-state index is -3.76. The van der Waals surface area contributed by atoms with Gasteiger partial charge in [0.1, 0.15) is 12.6 Å². The van der Waals surface area contributed by atoms with Gasteiger partial charge in [-0.2, -0.15) is 0 Å². The molecule has 2 atom stereocenters. The summed E-state index contributed by atoms with van der Waals surface area (Å²) in [6, 6.07) is 12.0. The van der Waals surface area contributed by atoms with E-state index in [1.165, 1.54) is 4.90 Å². The maximum Gasteiger partial charge on any atom is 0.244 e. The van der Waals surface area contributed by atoms with Crippen LogP contribution in [-0.2, 0) is 26.2 Å². The van der Waals surface area contributed by atoms with Crippen LogP contribution in [-0.4, -0.2) is 50.0 Å². The van der Waals surface area contributed by atoms with Crippen molar-refractivity contribution < 1.29 is 18.0 Å². The number of nitrogens with one attached hydrogen (secondary N) is 1. The fraction of sp³-hybridized carbons (Fsp3) is 0.440. The highest BCUT2D eigenvalue weighted by Gasteiger charge is 2.31. The van der Waals surface area contributed by atoms with Gasteiger partial charge in [-0.05, 0) is 69.0 Å². The van der Waals surface area contributed by atoms with Gasteiger partial charge in [0, 0.05) is 17.1 Å². The fourth-order valence-electron chi connectivity index (χ4n) is 3.48. The van der Waals surface area contributed by atoms with E-state index in [2.05, 4.69) is 21.2 Å². The van der Waals surface area contributed by atoms with Gasteiger partial charge in [-0.25, -0.2) is 8.42 Å². The zero-order valence-corrected chi connectivity index (χ0v) is 23.0. The molecule has 0 aromatic heterocycles. The van der Waals surface area contributed by atoms with Gasteiger partial charge in [0.25, 0.3) is 0 Å². The number of nitrogens with zero attached hydrogens (tertiary/aromatic N) is 2. The van der Waals surface area contributed by atoms with Crippen molar-refractivity contribution in [1.82, 2.24) is 10.2 Å². The van der Waals surface area contributed by atoms with Crippen LogP contribution in [0.15, 0.2) is 46.9 Å². The Morgan fingerprint density at radius 2 is 1.74 bits per heavy atom. The van der Waals surface area contributed by atoms with E-state index in [4.69, 9.17) is 0 Å². The van der Waals surface area contributed by atoms with E-state index in [9.17, 15) is 18.0 Å². The number of rotatable bonds is 10. The largest absolute Gasteiger partial charge is 0.352 e. The van der Waals surface area contributed by atoms with Crippen LogP contribution in [0.2, 0.25) is 0 Å². The average molecular weight is 553 g/mol. The second-order valence-electron chi connectivity index (χ2n) is 8.63. The Labute approximate surface area is 211 Å². The maximum absolute atomic E-state index is 13.6. The van der Waals surface area contributed by atoms with Gasteiger partial charge in [0.05, 0.1) is 11.9 Å². The van der Waals surface area contributed by atoms with E-state index in [0.29, 0.717) is 5.69 Å². The highest BCUT2D eigenvalue weighted by molar-refractivity contribution is 9.10. The van der Waals surface area contributed by atoms with Gasteiger partial charge < -0.3 is 10.2 Å². The summed E-state index contributed by atoms with van der Waals surface area (Å²) in [4.78, 5) is 27.9. The molecular weight excluding hydrogens is 518 g/mol. The monoisotopic (exact) mass is 551 g/mol. The number of carbonyl (C=O) groups excluding carboxylic acids is 2. The molecule has 0 saturated carbocycles. The molecule has 1 N–H and O–H groups in total. The number of aryl methyl sites for hydroxylation is 1. The molecule has 0 aliphatic carbocycles. The molecule has 0 aliphatic heterocycles. The SMILES string of the molecule is CC[C@H](C)NC(=O)[C@H](C)N(Cc1cccc(Br)c1)C(=O)CN(c1cccc(C)c1C)S(C)(=O)=O. The third kappa shape index (κ3) is 7.30. The predicted octanol–water partition coefficient (Wildman–Crippen LogP) is 4.16. The molecule has 0 aliphatic rings. The van der Waals surface area contributed by atoms with Crippen molar-refractivity contribution in [2.24, 2.45) is 0 Å².